The number of aliphatic carboxylic acids is 2. The minimum atomic E-state index is -1.82. The Morgan fingerprint density at radius 1 is 1.14 bits per heavy atom. The Labute approximate surface area is 121 Å². The summed E-state index contributed by atoms with van der Waals surface area (Å²) in [5.74, 6) is -3.15. The van der Waals surface area contributed by atoms with E-state index in [1.54, 1.807) is 12.1 Å². The quantitative estimate of drug-likeness (QED) is 0.561. The smallest absolute Gasteiger partial charge is 0.414 e. The molecule has 0 saturated carbocycles. The number of phenolic OH excluding ortho intramolecular Hbond substituents is 1. The topological polar surface area (TPSA) is 121 Å². The zero-order chi connectivity index (χ0) is 16.4. The summed E-state index contributed by atoms with van der Waals surface area (Å²) in [5, 5.41) is 24.1. The van der Waals surface area contributed by atoms with Crippen molar-refractivity contribution in [2.45, 2.75) is 26.2 Å². The van der Waals surface area contributed by atoms with Gasteiger partial charge in [0.2, 0.25) is 0 Å². The van der Waals surface area contributed by atoms with E-state index in [0.29, 0.717) is 17.7 Å². The van der Waals surface area contributed by atoms with E-state index < -0.39 is 11.9 Å². The van der Waals surface area contributed by atoms with Crippen LogP contribution in [0.2, 0.25) is 0 Å². The Hall–Kier alpha value is -2.57. The van der Waals surface area contributed by atoms with Crippen LogP contribution in [-0.2, 0) is 9.59 Å². The molecule has 0 spiro atoms. The molecule has 0 aromatic heterocycles. The minimum Gasteiger partial charge on any atom is -0.504 e. The maximum Gasteiger partial charge on any atom is 0.414 e. The molecule has 7 heteroatoms. The first-order chi connectivity index (χ1) is 9.83. The van der Waals surface area contributed by atoms with Crippen LogP contribution < -0.4 is 4.74 Å². The molecular weight excluding hydrogens is 280 g/mol. The van der Waals surface area contributed by atoms with E-state index in [1.165, 1.54) is 13.2 Å². The minimum absolute atomic E-state index is 0.0598. The molecule has 1 rings (SSSR count). The first-order valence-corrected chi connectivity index (χ1v) is 6.19. The molecule has 3 N–H and O–H groups in total. The van der Waals surface area contributed by atoms with Crippen LogP contribution in [0.1, 0.15) is 36.5 Å². The summed E-state index contributed by atoms with van der Waals surface area (Å²) >= 11 is 0. The van der Waals surface area contributed by atoms with Crippen molar-refractivity contribution in [2.75, 3.05) is 7.11 Å². The molecule has 0 amide bonds. The number of unbranched alkanes of at least 4 members (excludes halogenated alkanes) is 1. The molecule has 0 aliphatic heterocycles. The van der Waals surface area contributed by atoms with Gasteiger partial charge in [-0.3, -0.25) is 4.79 Å². The van der Waals surface area contributed by atoms with Crippen LogP contribution in [0.4, 0.5) is 0 Å². The summed E-state index contributed by atoms with van der Waals surface area (Å²) < 4.78 is 4.94. The van der Waals surface area contributed by atoms with E-state index in [9.17, 15) is 9.90 Å². The number of hydrogen-bond acceptors (Lipinski definition) is 5. The van der Waals surface area contributed by atoms with Crippen LogP contribution in [0.15, 0.2) is 18.2 Å². The van der Waals surface area contributed by atoms with Gasteiger partial charge >= 0.3 is 11.9 Å². The maximum atomic E-state index is 11.6. The molecule has 0 atom stereocenters. The lowest BCUT2D eigenvalue weighted by Gasteiger charge is -2.05. The number of carbonyl (C=O) groups is 3. The first kappa shape index (κ1) is 18.4. The fourth-order valence-corrected chi connectivity index (χ4v) is 1.33. The highest BCUT2D eigenvalue weighted by molar-refractivity contribution is 6.27. The second-order valence-electron chi connectivity index (χ2n) is 4.02. The summed E-state index contributed by atoms with van der Waals surface area (Å²) in [6, 6.07) is 4.68. The molecule has 0 aliphatic carbocycles. The molecular formula is C14H18O7. The maximum absolute atomic E-state index is 11.6. The average Bonchev–Trinajstić information content (AvgIpc) is 2.45. The third-order valence-corrected chi connectivity index (χ3v) is 2.44. The van der Waals surface area contributed by atoms with Gasteiger partial charge < -0.3 is 20.1 Å². The Morgan fingerprint density at radius 2 is 1.71 bits per heavy atom. The van der Waals surface area contributed by atoms with Gasteiger partial charge in [0.1, 0.15) is 0 Å². The van der Waals surface area contributed by atoms with Crippen LogP contribution in [-0.4, -0.2) is 40.2 Å². The lowest BCUT2D eigenvalue weighted by Crippen LogP contribution is -2.09. The van der Waals surface area contributed by atoms with Crippen molar-refractivity contribution in [1.29, 1.82) is 0 Å². The van der Waals surface area contributed by atoms with E-state index in [-0.39, 0.29) is 11.5 Å². The number of carboxylic acids is 2. The lowest BCUT2D eigenvalue weighted by atomic mass is 10.1. The second-order valence-corrected chi connectivity index (χ2v) is 4.02. The standard InChI is InChI=1S/C12H16O3.C2H2O4/c1-3-4-5-10(13)9-6-7-11(14)12(8-9)15-2;3-1(4)2(5)6/h6-8,14H,3-5H2,1-2H3;(H,3,4)(H,5,6). The normalized spacial score (nSPS) is 9.24. The number of phenols is 1. The predicted molar refractivity (Wildman–Crippen MR) is 73.8 cm³/mol. The summed E-state index contributed by atoms with van der Waals surface area (Å²) in [7, 11) is 1.47. The number of carboxylic acid groups (broad SMARTS) is 2. The molecule has 0 radical (unpaired) electrons. The Balaban J connectivity index is 0.000000567. The summed E-state index contributed by atoms with van der Waals surface area (Å²) in [4.78, 5) is 29.8. The molecule has 1 aromatic carbocycles. The number of methoxy groups -OCH3 is 1. The number of carbonyl (C=O) groups excluding carboxylic acids is 1. The molecule has 7 nitrogen and oxygen atoms in total. The average molecular weight is 298 g/mol. The third-order valence-electron chi connectivity index (χ3n) is 2.44. The van der Waals surface area contributed by atoms with Gasteiger partial charge in [-0.05, 0) is 24.6 Å². The van der Waals surface area contributed by atoms with Crippen molar-refractivity contribution in [3.8, 4) is 11.5 Å². The van der Waals surface area contributed by atoms with Crippen molar-refractivity contribution in [2.24, 2.45) is 0 Å². The van der Waals surface area contributed by atoms with Gasteiger partial charge in [-0.15, -0.1) is 0 Å². The molecule has 21 heavy (non-hydrogen) atoms. The number of hydrogen-bond donors (Lipinski definition) is 3. The van der Waals surface area contributed by atoms with Gasteiger partial charge in [0, 0.05) is 12.0 Å². The number of benzene rings is 1. The summed E-state index contributed by atoms with van der Waals surface area (Å²) in [6.45, 7) is 2.05. The molecule has 0 bridgehead atoms. The lowest BCUT2D eigenvalue weighted by molar-refractivity contribution is -0.159. The van der Waals surface area contributed by atoms with Crippen LogP contribution in [0, 0.1) is 0 Å². The van der Waals surface area contributed by atoms with E-state index in [1.807, 2.05) is 6.92 Å². The predicted octanol–water partition coefficient (Wildman–Crippen LogP) is 1.93. The van der Waals surface area contributed by atoms with Crippen molar-refractivity contribution >= 4 is 17.7 Å². The number of ketones is 1. The van der Waals surface area contributed by atoms with E-state index >= 15 is 0 Å². The summed E-state index contributed by atoms with van der Waals surface area (Å²) in [6.07, 6.45) is 2.44. The Bertz CT molecular complexity index is 496. The highest BCUT2D eigenvalue weighted by Gasteiger charge is 2.08. The van der Waals surface area contributed by atoms with E-state index in [2.05, 4.69) is 0 Å². The van der Waals surface area contributed by atoms with Crippen LogP contribution in [0.3, 0.4) is 0 Å². The molecule has 116 valence electrons. The molecule has 0 fully saturated rings. The number of ether oxygens (including phenoxy) is 1. The molecule has 0 heterocycles. The monoisotopic (exact) mass is 298 g/mol. The fourth-order valence-electron chi connectivity index (χ4n) is 1.33. The second kappa shape index (κ2) is 9.35. The highest BCUT2D eigenvalue weighted by atomic mass is 16.5. The Morgan fingerprint density at radius 3 is 2.14 bits per heavy atom. The highest BCUT2D eigenvalue weighted by Crippen LogP contribution is 2.26. The van der Waals surface area contributed by atoms with Gasteiger partial charge in [0.25, 0.3) is 0 Å². The van der Waals surface area contributed by atoms with E-state index in [0.717, 1.165) is 12.8 Å². The fraction of sp³-hybridized carbons (Fsp3) is 0.357. The van der Waals surface area contributed by atoms with Crippen LogP contribution in [0.25, 0.3) is 0 Å². The van der Waals surface area contributed by atoms with E-state index in [4.69, 9.17) is 24.5 Å². The summed E-state index contributed by atoms with van der Waals surface area (Å²) in [5.41, 5.74) is 0.595. The SMILES string of the molecule is CCCCC(=O)c1ccc(O)c(OC)c1.O=C(O)C(=O)O. The van der Waals surface area contributed by atoms with Gasteiger partial charge in [-0.25, -0.2) is 9.59 Å². The van der Waals surface area contributed by atoms with Crippen molar-refractivity contribution in [3.63, 3.8) is 0 Å². The van der Waals surface area contributed by atoms with Crippen molar-refractivity contribution in [3.05, 3.63) is 23.8 Å². The van der Waals surface area contributed by atoms with Gasteiger partial charge in [0.05, 0.1) is 7.11 Å². The zero-order valence-corrected chi connectivity index (χ0v) is 11.8. The van der Waals surface area contributed by atoms with Gasteiger partial charge in [0.15, 0.2) is 17.3 Å². The van der Waals surface area contributed by atoms with Crippen LogP contribution in [0.5, 0.6) is 11.5 Å². The van der Waals surface area contributed by atoms with Crippen LogP contribution >= 0.6 is 0 Å². The number of rotatable bonds is 5. The first-order valence-electron chi connectivity index (χ1n) is 6.19. The van der Waals surface area contributed by atoms with Gasteiger partial charge in [-0.2, -0.15) is 0 Å². The van der Waals surface area contributed by atoms with Gasteiger partial charge in [-0.1, -0.05) is 13.3 Å². The van der Waals surface area contributed by atoms with Crippen molar-refractivity contribution in [1.82, 2.24) is 0 Å². The molecule has 0 saturated heterocycles. The number of aromatic hydroxyl groups is 1. The van der Waals surface area contributed by atoms with Crippen molar-refractivity contribution < 1.29 is 34.4 Å². The number of Topliss-reactive ketones (excluding diaryl/α,β-unsaturated/α-hetero) is 1. The third kappa shape index (κ3) is 6.95. The molecule has 1 aromatic rings. The molecule has 0 unspecified atom stereocenters. The molecule has 0 aliphatic rings. The Kier molecular flexibility index (Phi) is 8.21. The zero-order valence-electron chi connectivity index (χ0n) is 11.8. The largest absolute Gasteiger partial charge is 0.504 e.